The third-order valence-corrected chi connectivity index (χ3v) is 4.00. The van der Waals surface area contributed by atoms with Gasteiger partial charge in [0.2, 0.25) is 10.0 Å². The summed E-state index contributed by atoms with van der Waals surface area (Å²) in [5.74, 6) is 0.398. The van der Waals surface area contributed by atoms with Gasteiger partial charge in [0.25, 0.3) is 5.91 Å². The zero-order valence-electron chi connectivity index (χ0n) is 10.8. The first-order valence-corrected chi connectivity index (χ1v) is 7.43. The topological polar surface area (TPSA) is 84.5 Å². The van der Waals surface area contributed by atoms with E-state index in [9.17, 15) is 13.2 Å². The Morgan fingerprint density at radius 1 is 1.42 bits per heavy atom. The molecule has 2 rings (SSSR count). The molecule has 1 aromatic rings. The highest BCUT2D eigenvalue weighted by atomic mass is 32.2. The first-order chi connectivity index (χ1) is 8.88. The highest BCUT2D eigenvalue weighted by molar-refractivity contribution is 7.89. The number of anilines is 1. The lowest BCUT2D eigenvalue weighted by molar-refractivity contribution is -0.118. The minimum atomic E-state index is -3.56. The summed E-state index contributed by atoms with van der Waals surface area (Å²) in [6, 6.07) is 4.40. The highest BCUT2D eigenvalue weighted by Crippen LogP contribution is 2.29. The largest absolute Gasteiger partial charge is 0.482 e. The summed E-state index contributed by atoms with van der Waals surface area (Å²) in [7, 11) is -3.56. The molecule has 7 heteroatoms. The molecule has 0 saturated heterocycles. The van der Waals surface area contributed by atoms with Gasteiger partial charge in [-0.1, -0.05) is 13.8 Å². The van der Waals surface area contributed by atoms with Crippen LogP contribution in [0.3, 0.4) is 0 Å². The van der Waals surface area contributed by atoms with E-state index in [0.717, 1.165) is 0 Å². The normalized spacial score (nSPS) is 14.8. The van der Waals surface area contributed by atoms with Crippen molar-refractivity contribution in [2.24, 2.45) is 5.92 Å². The summed E-state index contributed by atoms with van der Waals surface area (Å²) in [5.41, 5.74) is 0.378. The van der Waals surface area contributed by atoms with Crippen LogP contribution in [0.2, 0.25) is 0 Å². The summed E-state index contributed by atoms with van der Waals surface area (Å²) in [5, 5.41) is 2.58. The van der Waals surface area contributed by atoms with E-state index in [1.54, 1.807) is 6.07 Å². The number of carbonyl (C=O) groups is 1. The molecule has 0 fully saturated rings. The molecule has 0 radical (unpaired) electrons. The van der Waals surface area contributed by atoms with Gasteiger partial charge >= 0.3 is 0 Å². The first kappa shape index (κ1) is 13.8. The molecule has 2 N–H and O–H groups in total. The van der Waals surface area contributed by atoms with Gasteiger partial charge in [-0.15, -0.1) is 0 Å². The van der Waals surface area contributed by atoms with Crippen LogP contribution in [0.4, 0.5) is 5.69 Å². The SMILES string of the molecule is CC(C)CNS(=O)(=O)c1ccc2c(c1)NC(=O)CO2. The Labute approximate surface area is 112 Å². The van der Waals surface area contributed by atoms with Crippen molar-refractivity contribution in [3.8, 4) is 5.75 Å². The fourth-order valence-corrected chi connectivity index (χ4v) is 2.83. The summed E-state index contributed by atoms with van der Waals surface area (Å²) in [4.78, 5) is 11.3. The number of hydrogen-bond acceptors (Lipinski definition) is 4. The highest BCUT2D eigenvalue weighted by Gasteiger charge is 2.20. The minimum Gasteiger partial charge on any atom is -0.482 e. The Hall–Kier alpha value is -1.60. The van der Waals surface area contributed by atoms with Crippen molar-refractivity contribution in [1.29, 1.82) is 0 Å². The molecule has 19 heavy (non-hydrogen) atoms. The molecule has 0 aromatic heterocycles. The molecule has 0 unspecified atom stereocenters. The number of benzene rings is 1. The van der Waals surface area contributed by atoms with Crippen LogP contribution in [0.25, 0.3) is 0 Å². The maximum atomic E-state index is 12.0. The van der Waals surface area contributed by atoms with E-state index in [2.05, 4.69) is 10.0 Å². The quantitative estimate of drug-likeness (QED) is 0.862. The Morgan fingerprint density at radius 2 is 2.16 bits per heavy atom. The number of carbonyl (C=O) groups excluding carboxylic acids is 1. The van der Waals surface area contributed by atoms with Gasteiger partial charge in [0.05, 0.1) is 10.6 Å². The van der Waals surface area contributed by atoms with E-state index in [-0.39, 0.29) is 23.3 Å². The monoisotopic (exact) mass is 284 g/mol. The van der Waals surface area contributed by atoms with Crippen molar-refractivity contribution in [1.82, 2.24) is 4.72 Å². The van der Waals surface area contributed by atoms with E-state index in [4.69, 9.17) is 4.74 Å². The fourth-order valence-electron chi connectivity index (χ4n) is 1.59. The van der Waals surface area contributed by atoms with Gasteiger partial charge in [0, 0.05) is 6.54 Å². The number of fused-ring (bicyclic) bond motifs is 1. The van der Waals surface area contributed by atoms with Crippen molar-refractivity contribution in [3.63, 3.8) is 0 Å². The molecule has 0 aliphatic carbocycles. The molecule has 0 atom stereocenters. The van der Waals surface area contributed by atoms with E-state index >= 15 is 0 Å². The predicted octanol–water partition coefficient (Wildman–Crippen LogP) is 0.952. The smallest absolute Gasteiger partial charge is 0.262 e. The van der Waals surface area contributed by atoms with Crippen molar-refractivity contribution >= 4 is 21.6 Å². The average molecular weight is 284 g/mol. The zero-order valence-corrected chi connectivity index (χ0v) is 11.6. The lowest BCUT2D eigenvalue weighted by Gasteiger charge is -2.18. The Morgan fingerprint density at radius 3 is 2.84 bits per heavy atom. The summed E-state index contributed by atoms with van der Waals surface area (Å²) < 4.78 is 31.8. The average Bonchev–Trinajstić information content (AvgIpc) is 2.35. The maximum Gasteiger partial charge on any atom is 0.262 e. The van der Waals surface area contributed by atoms with Crippen LogP contribution in [0.1, 0.15) is 13.8 Å². The van der Waals surface area contributed by atoms with E-state index in [1.807, 2.05) is 13.8 Å². The molecule has 1 aromatic carbocycles. The van der Waals surface area contributed by atoms with Crippen LogP contribution in [0.15, 0.2) is 23.1 Å². The molecular weight excluding hydrogens is 268 g/mol. The van der Waals surface area contributed by atoms with Crippen LogP contribution >= 0.6 is 0 Å². The summed E-state index contributed by atoms with van der Waals surface area (Å²) >= 11 is 0. The van der Waals surface area contributed by atoms with Crippen LogP contribution in [-0.2, 0) is 14.8 Å². The van der Waals surface area contributed by atoms with Gasteiger partial charge < -0.3 is 10.1 Å². The van der Waals surface area contributed by atoms with Crippen LogP contribution < -0.4 is 14.8 Å². The summed E-state index contributed by atoms with van der Waals surface area (Å²) in [6.07, 6.45) is 0. The Balaban J connectivity index is 2.26. The molecule has 6 nitrogen and oxygen atoms in total. The minimum absolute atomic E-state index is 0.0509. The molecule has 1 heterocycles. The van der Waals surface area contributed by atoms with E-state index in [0.29, 0.717) is 18.0 Å². The number of hydrogen-bond donors (Lipinski definition) is 2. The maximum absolute atomic E-state index is 12.0. The first-order valence-electron chi connectivity index (χ1n) is 5.95. The zero-order chi connectivity index (χ0) is 14.0. The van der Waals surface area contributed by atoms with Gasteiger partial charge in [-0.25, -0.2) is 13.1 Å². The van der Waals surface area contributed by atoms with Crippen LogP contribution in [0, 0.1) is 5.92 Å². The van der Waals surface area contributed by atoms with Crippen molar-refractivity contribution < 1.29 is 17.9 Å². The number of amides is 1. The summed E-state index contributed by atoms with van der Waals surface area (Å²) in [6.45, 7) is 4.15. The van der Waals surface area contributed by atoms with Gasteiger partial charge in [0.15, 0.2) is 6.61 Å². The van der Waals surface area contributed by atoms with Crippen LogP contribution in [0.5, 0.6) is 5.75 Å². The lowest BCUT2D eigenvalue weighted by atomic mass is 10.2. The van der Waals surface area contributed by atoms with Crippen molar-refractivity contribution in [2.45, 2.75) is 18.7 Å². The molecule has 0 saturated carbocycles. The number of sulfonamides is 1. The molecule has 1 aliphatic heterocycles. The van der Waals surface area contributed by atoms with Crippen LogP contribution in [-0.4, -0.2) is 27.5 Å². The molecular formula is C12H16N2O4S. The molecule has 1 amide bonds. The second-order valence-electron chi connectivity index (χ2n) is 4.74. The molecule has 104 valence electrons. The van der Waals surface area contributed by atoms with E-state index < -0.39 is 10.0 Å². The Kier molecular flexibility index (Phi) is 3.77. The van der Waals surface area contributed by atoms with Gasteiger partial charge in [-0.05, 0) is 24.1 Å². The second-order valence-corrected chi connectivity index (χ2v) is 6.51. The van der Waals surface area contributed by atoms with Gasteiger partial charge in [-0.3, -0.25) is 4.79 Å². The number of ether oxygens (including phenoxy) is 1. The molecule has 0 bridgehead atoms. The third-order valence-electron chi connectivity index (χ3n) is 2.58. The van der Waals surface area contributed by atoms with Gasteiger partial charge in [-0.2, -0.15) is 0 Å². The fraction of sp³-hybridized carbons (Fsp3) is 0.417. The van der Waals surface area contributed by atoms with Gasteiger partial charge in [0.1, 0.15) is 5.75 Å². The third kappa shape index (κ3) is 3.24. The standard InChI is InChI=1S/C12H16N2O4S/c1-8(2)6-13-19(16,17)9-3-4-11-10(5-9)14-12(15)7-18-11/h3-5,8,13H,6-7H2,1-2H3,(H,14,15). The lowest BCUT2D eigenvalue weighted by Crippen LogP contribution is -2.28. The Bertz CT molecular complexity index is 596. The number of nitrogens with one attached hydrogen (secondary N) is 2. The predicted molar refractivity (Wildman–Crippen MR) is 70.6 cm³/mol. The van der Waals surface area contributed by atoms with E-state index in [1.165, 1.54) is 12.1 Å². The molecule has 1 aliphatic rings. The van der Waals surface area contributed by atoms with Crippen molar-refractivity contribution in [2.75, 3.05) is 18.5 Å². The van der Waals surface area contributed by atoms with Crippen molar-refractivity contribution in [3.05, 3.63) is 18.2 Å². The molecule has 0 spiro atoms. The number of rotatable bonds is 4. The second kappa shape index (κ2) is 5.18.